The minimum absolute atomic E-state index is 0.0882. The molecule has 2 atom stereocenters. The van der Waals surface area contributed by atoms with Crippen LogP contribution in [0.2, 0.25) is 0 Å². The van der Waals surface area contributed by atoms with Gasteiger partial charge in [-0.2, -0.15) is 13.2 Å². The number of furan rings is 1. The Morgan fingerprint density at radius 3 is 2.48 bits per heavy atom. The van der Waals surface area contributed by atoms with Crippen molar-refractivity contribution in [3.63, 3.8) is 0 Å². The van der Waals surface area contributed by atoms with E-state index in [1.807, 2.05) is 13.8 Å². The van der Waals surface area contributed by atoms with E-state index in [9.17, 15) is 22.8 Å². The van der Waals surface area contributed by atoms with Gasteiger partial charge in [0.05, 0.1) is 17.8 Å². The molecule has 1 saturated heterocycles. The molecule has 0 radical (unpaired) electrons. The van der Waals surface area contributed by atoms with Crippen LogP contribution in [-0.2, 0) is 20.4 Å². The van der Waals surface area contributed by atoms with E-state index in [2.05, 4.69) is 0 Å². The van der Waals surface area contributed by atoms with E-state index in [4.69, 9.17) is 13.9 Å². The Morgan fingerprint density at radius 2 is 1.83 bits per heavy atom. The van der Waals surface area contributed by atoms with Gasteiger partial charge < -0.3 is 18.8 Å². The van der Waals surface area contributed by atoms with Crippen molar-refractivity contribution < 1.29 is 36.7 Å². The van der Waals surface area contributed by atoms with E-state index in [0.29, 0.717) is 13.1 Å². The number of rotatable bonds is 4. The lowest BCUT2D eigenvalue weighted by Crippen LogP contribution is -2.49. The predicted octanol–water partition coefficient (Wildman–Crippen LogP) is 3.76. The number of morpholine rings is 1. The zero-order chi connectivity index (χ0) is 21.2. The molecule has 156 valence electrons. The highest BCUT2D eigenvalue weighted by atomic mass is 19.4. The molecule has 0 bridgehead atoms. The van der Waals surface area contributed by atoms with Gasteiger partial charge in [-0.1, -0.05) is 12.1 Å². The number of nitrogens with zero attached hydrogens (tertiary/aromatic N) is 1. The lowest BCUT2D eigenvalue weighted by atomic mass is 10.1. The van der Waals surface area contributed by atoms with E-state index >= 15 is 0 Å². The summed E-state index contributed by atoms with van der Waals surface area (Å²) in [6.45, 7) is 4.04. The Kier molecular flexibility index (Phi) is 5.97. The minimum atomic E-state index is -4.49. The number of hydrogen-bond donors (Lipinski definition) is 0. The molecule has 1 fully saturated rings. The second kappa shape index (κ2) is 8.28. The predicted molar refractivity (Wildman–Crippen MR) is 96.0 cm³/mol. The Labute approximate surface area is 165 Å². The van der Waals surface area contributed by atoms with Gasteiger partial charge in [0, 0.05) is 18.7 Å². The van der Waals surface area contributed by atoms with Gasteiger partial charge in [0.15, 0.2) is 6.61 Å². The lowest BCUT2D eigenvalue weighted by molar-refractivity contribution is -0.146. The van der Waals surface area contributed by atoms with Crippen molar-refractivity contribution in [1.29, 1.82) is 0 Å². The molecule has 0 saturated carbocycles. The van der Waals surface area contributed by atoms with Gasteiger partial charge in [0.1, 0.15) is 5.76 Å². The minimum Gasteiger partial charge on any atom is -0.450 e. The first-order valence-corrected chi connectivity index (χ1v) is 9.01. The largest absolute Gasteiger partial charge is 0.450 e. The summed E-state index contributed by atoms with van der Waals surface area (Å²) in [6.07, 6.45) is -4.71. The smallest absolute Gasteiger partial charge is 0.416 e. The molecule has 6 nitrogen and oxygen atoms in total. The van der Waals surface area contributed by atoms with E-state index in [0.717, 1.165) is 12.1 Å². The third-order valence-electron chi connectivity index (χ3n) is 4.38. The molecule has 1 amide bonds. The molecule has 2 heterocycles. The van der Waals surface area contributed by atoms with Crippen LogP contribution >= 0.6 is 0 Å². The van der Waals surface area contributed by atoms with Crippen LogP contribution in [0.5, 0.6) is 0 Å². The first-order chi connectivity index (χ1) is 13.6. The second-order valence-corrected chi connectivity index (χ2v) is 6.87. The van der Waals surface area contributed by atoms with E-state index in [-0.39, 0.29) is 35.2 Å². The molecule has 0 N–H and O–H groups in total. The van der Waals surface area contributed by atoms with Gasteiger partial charge in [-0.05, 0) is 38.1 Å². The van der Waals surface area contributed by atoms with Crippen molar-refractivity contribution in [3.8, 4) is 11.3 Å². The summed E-state index contributed by atoms with van der Waals surface area (Å²) in [6, 6.07) is 7.23. The fourth-order valence-electron chi connectivity index (χ4n) is 3.12. The van der Waals surface area contributed by atoms with Crippen LogP contribution in [0.15, 0.2) is 40.8 Å². The monoisotopic (exact) mass is 411 g/mol. The van der Waals surface area contributed by atoms with Crippen molar-refractivity contribution >= 4 is 11.9 Å². The van der Waals surface area contributed by atoms with Crippen molar-refractivity contribution in [3.05, 3.63) is 47.7 Å². The van der Waals surface area contributed by atoms with E-state index in [1.54, 1.807) is 4.90 Å². The molecular formula is C20H20F3NO5. The van der Waals surface area contributed by atoms with Gasteiger partial charge in [0.25, 0.3) is 5.91 Å². The lowest BCUT2D eigenvalue weighted by Gasteiger charge is -2.35. The molecule has 3 rings (SSSR count). The average Bonchev–Trinajstić information content (AvgIpc) is 3.15. The van der Waals surface area contributed by atoms with Gasteiger partial charge >= 0.3 is 12.1 Å². The molecule has 0 unspecified atom stereocenters. The Morgan fingerprint density at radius 1 is 1.14 bits per heavy atom. The van der Waals surface area contributed by atoms with Crippen LogP contribution < -0.4 is 0 Å². The standard InChI is InChI=1S/C20H20F3NO5/c1-12-9-24(10-13(2)28-12)18(25)11-27-19(26)17-7-6-16(29-17)14-4-3-5-15(8-14)20(21,22)23/h3-8,12-13H,9-11H2,1-2H3/t12-,13+. The highest BCUT2D eigenvalue weighted by molar-refractivity contribution is 5.89. The van der Waals surface area contributed by atoms with Crippen LogP contribution in [0.25, 0.3) is 11.3 Å². The van der Waals surface area contributed by atoms with Gasteiger partial charge in [-0.3, -0.25) is 4.79 Å². The van der Waals surface area contributed by atoms with Crippen LogP contribution in [-0.4, -0.2) is 48.7 Å². The Hall–Kier alpha value is -2.81. The number of amides is 1. The van der Waals surface area contributed by atoms with E-state index in [1.165, 1.54) is 24.3 Å². The fourth-order valence-corrected chi connectivity index (χ4v) is 3.12. The van der Waals surface area contributed by atoms with E-state index < -0.39 is 24.3 Å². The van der Waals surface area contributed by atoms with Crippen molar-refractivity contribution in [1.82, 2.24) is 4.90 Å². The highest BCUT2D eigenvalue weighted by Gasteiger charge is 2.31. The maximum atomic E-state index is 12.8. The molecule has 9 heteroatoms. The summed E-state index contributed by atoms with van der Waals surface area (Å²) >= 11 is 0. The van der Waals surface area contributed by atoms with Crippen LogP contribution in [0.3, 0.4) is 0 Å². The van der Waals surface area contributed by atoms with Crippen LogP contribution in [0.1, 0.15) is 30.0 Å². The summed E-state index contributed by atoms with van der Waals surface area (Å²) in [4.78, 5) is 25.9. The molecule has 2 aromatic rings. The Balaban J connectivity index is 1.62. The summed E-state index contributed by atoms with van der Waals surface area (Å²) in [5, 5.41) is 0. The number of alkyl halides is 3. The third-order valence-corrected chi connectivity index (χ3v) is 4.38. The first kappa shape index (κ1) is 20.9. The number of esters is 1. The molecule has 1 aliphatic heterocycles. The second-order valence-electron chi connectivity index (χ2n) is 6.87. The normalized spacial score (nSPS) is 19.8. The first-order valence-electron chi connectivity index (χ1n) is 9.01. The number of halogens is 3. The topological polar surface area (TPSA) is 69.0 Å². The Bertz CT molecular complexity index is 882. The third kappa shape index (κ3) is 5.17. The van der Waals surface area contributed by atoms with Crippen molar-refractivity contribution in [2.24, 2.45) is 0 Å². The molecule has 0 spiro atoms. The fraction of sp³-hybridized carbons (Fsp3) is 0.400. The molecular weight excluding hydrogens is 391 g/mol. The van der Waals surface area contributed by atoms with Crippen LogP contribution in [0, 0.1) is 0 Å². The zero-order valence-electron chi connectivity index (χ0n) is 15.9. The zero-order valence-corrected chi connectivity index (χ0v) is 15.9. The van der Waals surface area contributed by atoms with Crippen molar-refractivity contribution in [2.45, 2.75) is 32.2 Å². The maximum Gasteiger partial charge on any atom is 0.416 e. The molecule has 1 aromatic heterocycles. The number of ether oxygens (including phenoxy) is 2. The summed E-state index contributed by atoms with van der Waals surface area (Å²) < 4.78 is 54.4. The van der Waals surface area contributed by atoms with Crippen LogP contribution in [0.4, 0.5) is 13.2 Å². The van der Waals surface area contributed by atoms with Gasteiger partial charge in [-0.15, -0.1) is 0 Å². The summed E-state index contributed by atoms with van der Waals surface area (Å²) in [5.74, 6) is -1.34. The molecule has 1 aromatic carbocycles. The quantitative estimate of drug-likeness (QED) is 0.717. The highest BCUT2D eigenvalue weighted by Crippen LogP contribution is 2.32. The van der Waals surface area contributed by atoms with Gasteiger partial charge in [-0.25, -0.2) is 4.79 Å². The number of benzene rings is 1. The summed E-state index contributed by atoms with van der Waals surface area (Å²) in [5.41, 5.74) is -0.652. The van der Waals surface area contributed by atoms with Crippen molar-refractivity contribution in [2.75, 3.05) is 19.7 Å². The van der Waals surface area contributed by atoms with Gasteiger partial charge in [0.2, 0.25) is 5.76 Å². The SMILES string of the molecule is C[C@@H]1CN(C(=O)COC(=O)c2ccc(-c3cccc(C(F)(F)F)c3)o2)C[C@H](C)O1. The maximum absolute atomic E-state index is 12.8. The average molecular weight is 411 g/mol. The molecule has 29 heavy (non-hydrogen) atoms. The number of hydrogen-bond acceptors (Lipinski definition) is 5. The molecule has 1 aliphatic rings. The molecule has 0 aliphatic carbocycles. The number of carbonyl (C=O) groups excluding carboxylic acids is 2. The summed E-state index contributed by atoms with van der Waals surface area (Å²) in [7, 11) is 0. The number of carbonyl (C=O) groups is 2.